The third kappa shape index (κ3) is 3.23. The third-order valence-corrected chi connectivity index (χ3v) is 3.04. The fraction of sp³-hybridized carbons (Fsp3) is 0.231. The van der Waals surface area contributed by atoms with Gasteiger partial charge >= 0.3 is 0 Å². The van der Waals surface area contributed by atoms with E-state index in [1.165, 1.54) is 12.1 Å². The quantitative estimate of drug-likeness (QED) is 0.894. The average molecular weight is 343 g/mol. The van der Waals surface area contributed by atoms with E-state index in [9.17, 15) is 9.18 Å². The van der Waals surface area contributed by atoms with Crippen molar-refractivity contribution in [2.24, 2.45) is 0 Å². The number of aromatic nitrogens is 1. The lowest BCUT2D eigenvalue weighted by molar-refractivity contribution is 0.0917. The molecule has 106 valence electrons. The van der Waals surface area contributed by atoms with E-state index in [-0.39, 0.29) is 23.8 Å². The minimum Gasteiger partial charge on any atom is -0.444 e. The predicted octanol–water partition coefficient (Wildman–Crippen LogP) is 2.35. The molecule has 0 spiro atoms. The maximum atomic E-state index is 13.7. The summed E-state index contributed by atoms with van der Waals surface area (Å²) in [6.07, 6.45) is 1.15. The summed E-state index contributed by atoms with van der Waals surface area (Å²) in [6.45, 7) is 1.46. The van der Waals surface area contributed by atoms with Gasteiger partial charge in [0.15, 0.2) is 5.69 Å². The van der Waals surface area contributed by atoms with E-state index in [4.69, 9.17) is 9.52 Å². The van der Waals surface area contributed by atoms with Gasteiger partial charge in [-0.1, -0.05) is 15.9 Å². The molecule has 7 heteroatoms. The SMILES string of the molecule is C[C@@H](CO)NC(=O)c1coc(-c2ccc(Br)cc2F)n1. The lowest BCUT2D eigenvalue weighted by Crippen LogP contribution is -2.35. The van der Waals surface area contributed by atoms with Crippen LogP contribution in [0.1, 0.15) is 17.4 Å². The van der Waals surface area contributed by atoms with Crippen molar-refractivity contribution in [3.8, 4) is 11.5 Å². The minimum atomic E-state index is -0.503. The summed E-state index contributed by atoms with van der Waals surface area (Å²) in [5.74, 6) is -0.965. The largest absolute Gasteiger partial charge is 0.444 e. The van der Waals surface area contributed by atoms with E-state index in [2.05, 4.69) is 26.2 Å². The Balaban J connectivity index is 2.22. The first-order valence-electron chi connectivity index (χ1n) is 5.84. The minimum absolute atomic E-state index is 0.0248. The van der Waals surface area contributed by atoms with Crippen LogP contribution in [0.5, 0.6) is 0 Å². The molecule has 0 aliphatic heterocycles. The van der Waals surface area contributed by atoms with Gasteiger partial charge in [-0.15, -0.1) is 0 Å². The molecule has 1 aromatic carbocycles. The molecule has 0 aliphatic rings. The molecule has 0 fully saturated rings. The van der Waals surface area contributed by atoms with Crippen LogP contribution in [0.2, 0.25) is 0 Å². The smallest absolute Gasteiger partial charge is 0.273 e. The number of halogens is 2. The Morgan fingerprint density at radius 3 is 3.00 bits per heavy atom. The van der Waals surface area contributed by atoms with Crippen LogP contribution in [0.25, 0.3) is 11.5 Å². The summed E-state index contributed by atoms with van der Waals surface area (Å²) >= 11 is 3.15. The van der Waals surface area contributed by atoms with Gasteiger partial charge in [0.2, 0.25) is 5.89 Å². The van der Waals surface area contributed by atoms with Gasteiger partial charge in [-0.3, -0.25) is 4.79 Å². The molecule has 1 amide bonds. The highest BCUT2D eigenvalue weighted by Crippen LogP contribution is 2.24. The second-order valence-electron chi connectivity index (χ2n) is 4.22. The van der Waals surface area contributed by atoms with Crippen LogP contribution in [-0.4, -0.2) is 28.6 Å². The first-order valence-corrected chi connectivity index (χ1v) is 6.63. The van der Waals surface area contributed by atoms with Gasteiger partial charge in [-0.2, -0.15) is 0 Å². The van der Waals surface area contributed by atoms with Gasteiger partial charge in [-0.25, -0.2) is 9.37 Å². The van der Waals surface area contributed by atoms with Crippen LogP contribution < -0.4 is 5.32 Å². The van der Waals surface area contributed by atoms with E-state index < -0.39 is 17.8 Å². The Morgan fingerprint density at radius 2 is 2.35 bits per heavy atom. The van der Waals surface area contributed by atoms with E-state index in [1.807, 2.05) is 0 Å². The van der Waals surface area contributed by atoms with Crippen molar-refractivity contribution >= 4 is 21.8 Å². The maximum Gasteiger partial charge on any atom is 0.273 e. The fourth-order valence-corrected chi connectivity index (χ4v) is 1.84. The Kier molecular flexibility index (Phi) is 4.51. The first kappa shape index (κ1) is 14.7. The average Bonchev–Trinajstić information content (AvgIpc) is 2.88. The molecule has 1 atom stereocenters. The molecule has 2 rings (SSSR count). The summed E-state index contributed by atoms with van der Waals surface area (Å²) in [7, 11) is 0. The summed E-state index contributed by atoms with van der Waals surface area (Å²) in [5.41, 5.74) is 0.199. The zero-order valence-corrected chi connectivity index (χ0v) is 12.1. The van der Waals surface area contributed by atoms with Gasteiger partial charge in [0, 0.05) is 10.5 Å². The Hall–Kier alpha value is -1.73. The van der Waals surface area contributed by atoms with Crippen LogP contribution in [0, 0.1) is 5.82 Å². The molecular formula is C13H12BrFN2O3. The van der Waals surface area contributed by atoms with Crippen LogP contribution in [-0.2, 0) is 0 Å². The van der Waals surface area contributed by atoms with Crippen molar-refractivity contribution < 1.29 is 18.7 Å². The summed E-state index contributed by atoms with van der Waals surface area (Å²) < 4.78 is 19.5. The molecular weight excluding hydrogens is 331 g/mol. The molecule has 0 unspecified atom stereocenters. The second-order valence-corrected chi connectivity index (χ2v) is 5.13. The predicted molar refractivity (Wildman–Crippen MR) is 73.6 cm³/mol. The number of hydrogen-bond acceptors (Lipinski definition) is 4. The van der Waals surface area contributed by atoms with Crippen molar-refractivity contribution in [1.82, 2.24) is 10.3 Å². The lowest BCUT2D eigenvalue weighted by Gasteiger charge is -2.08. The van der Waals surface area contributed by atoms with Crippen molar-refractivity contribution in [3.63, 3.8) is 0 Å². The van der Waals surface area contributed by atoms with Gasteiger partial charge in [0.25, 0.3) is 5.91 Å². The summed E-state index contributed by atoms with van der Waals surface area (Å²) in [4.78, 5) is 15.7. The standard InChI is InChI=1S/C13H12BrFN2O3/c1-7(5-18)16-12(19)11-6-20-13(17-11)9-3-2-8(14)4-10(9)15/h2-4,6-7,18H,5H2,1H3,(H,16,19)/t7-/m0/s1. The molecule has 0 aliphatic carbocycles. The third-order valence-electron chi connectivity index (χ3n) is 2.55. The maximum absolute atomic E-state index is 13.7. The van der Waals surface area contributed by atoms with Gasteiger partial charge < -0.3 is 14.8 Å². The molecule has 5 nitrogen and oxygen atoms in total. The Labute approximate surface area is 123 Å². The number of oxazole rings is 1. The molecule has 20 heavy (non-hydrogen) atoms. The highest BCUT2D eigenvalue weighted by molar-refractivity contribution is 9.10. The number of nitrogens with one attached hydrogen (secondary N) is 1. The van der Waals surface area contributed by atoms with E-state index in [1.54, 1.807) is 13.0 Å². The van der Waals surface area contributed by atoms with Crippen LogP contribution in [0.15, 0.2) is 33.4 Å². The first-order chi connectivity index (χ1) is 9.51. The van der Waals surface area contributed by atoms with Gasteiger partial charge in [0.05, 0.1) is 12.2 Å². The number of hydrogen-bond donors (Lipinski definition) is 2. The van der Waals surface area contributed by atoms with Gasteiger partial charge in [0.1, 0.15) is 12.1 Å². The number of nitrogens with zero attached hydrogens (tertiary/aromatic N) is 1. The number of aliphatic hydroxyl groups excluding tert-OH is 1. The Morgan fingerprint density at radius 1 is 1.60 bits per heavy atom. The lowest BCUT2D eigenvalue weighted by atomic mass is 10.2. The highest BCUT2D eigenvalue weighted by atomic mass is 79.9. The molecule has 1 heterocycles. The van der Waals surface area contributed by atoms with Crippen molar-refractivity contribution in [1.29, 1.82) is 0 Å². The molecule has 0 saturated heterocycles. The molecule has 2 N–H and O–H groups in total. The van der Waals surface area contributed by atoms with E-state index >= 15 is 0 Å². The Bertz CT molecular complexity index is 630. The number of aliphatic hydroxyl groups is 1. The van der Waals surface area contributed by atoms with Crippen LogP contribution >= 0.6 is 15.9 Å². The number of rotatable bonds is 4. The molecule has 0 bridgehead atoms. The number of amides is 1. The topological polar surface area (TPSA) is 75.4 Å². The molecule has 1 aromatic heterocycles. The number of benzene rings is 1. The molecule has 0 saturated carbocycles. The monoisotopic (exact) mass is 342 g/mol. The van der Waals surface area contributed by atoms with Crippen molar-refractivity contribution in [3.05, 3.63) is 40.4 Å². The second kappa shape index (κ2) is 6.15. The zero-order chi connectivity index (χ0) is 14.7. The van der Waals surface area contributed by atoms with E-state index in [0.29, 0.717) is 4.47 Å². The van der Waals surface area contributed by atoms with Crippen molar-refractivity contribution in [2.75, 3.05) is 6.61 Å². The summed E-state index contributed by atoms with van der Waals surface area (Å²) in [6, 6.07) is 4.04. The number of carbonyl (C=O) groups excluding carboxylic acids is 1. The normalized spacial score (nSPS) is 12.2. The molecule has 2 aromatic rings. The van der Waals surface area contributed by atoms with Crippen LogP contribution in [0.4, 0.5) is 4.39 Å². The zero-order valence-electron chi connectivity index (χ0n) is 10.6. The molecule has 0 radical (unpaired) electrons. The van der Waals surface area contributed by atoms with Crippen molar-refractivity contribution in [2.45, 2.75) is 13.0 Å². The van der Waals surface area contributed by atoms with Gasteiger partial charge in [-0.05, 0) is 25.1 Å². The summed E-state index contributed by atoms with van der Waals surface area (Å²) in [5, 5.41) is 11.4. The van der Waals surface area contributed by atoms with Crippen LogP contribution in [0.3, 0.4) is 0 Å². The van der Waals surface area contributed by atoms with E-state index in [0.717, 1.165) is 6.26 Å². The number of carbonyl (C=O) groups is 1. The fourth-order valence-electron chi connectivity index (χ4n) is 1.51. The highest BCUT2D eigenvalue weighted by Gasteiger charge is 2.17.